The van der Waals surface area contributed by atoms with Crippen molar-refractivity contribution in [3.8, 4) is 0 Å². The van der Waals surface area contributed by atoms with E-state index in [0.717, 1.165) is 64.2 Å². The van der Waals surface area contributed by atoms with E-state index in [2.05, 4.69) is 62.5 Å². The van der Waals surface area contributed by atoms with Gasteiger partial charge in [-0.1, -0.05) is 191 Å². The van der Waals surface area contributed by atoms with E-state index < -0.39 is 5.97 Å². The van der Waals surface area contributed by atoms with Gasteiger partial charge in [-0.2, -0.15) is 0 Å². The van der Waals surface area contributed by atoms with Crippen LogP contribution in [0, 0.1) is 0 Å². The molecule has 1 atom stereocenters. The fourth-order valence-electron chi connectivity index (χ4n) is 6.63. The molecule has 4 heteroatoms. The summed E-state index contributed by atoms with van der Waals surface area (Å²) in [7, 11) is 0. The second-order valence-corrected chi connectivity index (χ2v) is 15.2. The fourth-order valence-corrected chi connectivity index (χ4v) is 6.63. The molecule has 0 aromatic carbocycles. The van der Waals surface area contributed by atoms with Crippen LogP contribution in [-0.2, 0) is 14.3 Å². The quantitative estimate of drug-likeness (QED) is 0.0387. The highest BCUT2D eigenvalue weighted by atomic mass is 16.5. The third-order valence-corrected chi connectivity index (χ3v) is 10.0. The largest absolute Gasteiger partial charge is 0.481 e. The number of carboxylic acid groups (broad SMARTS) is 1. The number of aliphatic carboxylic acids is 1. The lowest BCUT2D eigenvalue weighted by atomic mass is 10.0. The number of carbonyl (C=O) groups is 2. The van der Waals surface area contributed by atoms with Crippen molar-refractivity contribution >= 4 is 11.9 Å². The van der Waals surface area contributed by atoms with E-state index in [1.807, 2.05) is 0 Å². The van der Waals surface area contributed by atoms with Gasteiger partial charge >= 0.3 is 11.9 Å². The monoisotopic (exact) mass is 727 g/mol. The van der Waals surface area contributed by atoms with Gasteiger partial charge in [-0.25, -0.2) is 0 Å². The summed E-state index contributed by atoms with van der Waals surface area (Å²) in [6.45, 7) is 4.52. The van der Waals surface area contributed by atoms with Crippen molar-refractivity contribution < 1.29 is 19.4 Å². The van der Waals surface area contributed by atoms with Crippen molar-refractivity contribution in [2.75, 3.05) is 0 Å². The SMILES string of the molecule is CCCCC/C=C\C/C=C\C/C=C\C(CCCCCCCC(=O)O)OC(=O)CCCCCCCCCCCCC/C=C\CCCCCCCCCC. The maximum Gasteiger partial charge on any atom is 0.306 e. The van der Waals surface area contributed by atoms with Gasteiger partial charge in [0.25, 0.3) is 0 Å². The fraction of sp³-hybridized carbons (Fsp3) is 0.792. The molecule has 0 radical (unpaired) electrons. The van der Waals surface area contributed by atoms with Crippen LogP contribution in [0.2, 0.25) is 0 Å². The molecule has 0 heterocycles. The van der Waals surface area contributed by atoms with E-state index in [0.29, 0.717) is 6.42 Å². The Morgan fingerprint density at radius 2 is 0.808 bits per heavy atom. The smallest absolute Gasteiger partial charge is 0.306 e. The van der Waals surface area contributed by atoms with Crippen LogP contribution >= 0.6 is 0 Å². The molecule has 0 rings (SSSR count). The van der Waals surface area contributed by atoms with Crippen LogP contribution in [0.1, 0.15) is 239 Å². The summed E-state index contributed by atoms with van der Waals surface area (Å²) >= 11 is 0. The number of ether oxygens (including phenoxy) is 1. The third kappa shape index (κ3) is 42.3. The summed E-state index contributed by atoms with van der Waals surface area (Å²) in [4.78, 5) is 23.4. The lowest BCUT2D eigenvalue weighted by Gasteiger charge is -2.14. The summed E-state index contributed by atoms with van der Waals surface area (Å²) in [5.74, 6) is -0.785. The predicted molar refractivity (Wildman–Crippen MR) is 227 cm³/mol. The molecule has 52 heavy (non-hydrogen) atoms. The number of rotatable bonds is 41. The normalized spacial score (nSPS) is 12.7. The molecular formula is C48H86O4. The first-order chi connectivity index (χ1) is 25.6. The van der Waals surface area contributed by atoms with Crippen molar-refractivity contribution in [3.63, 3.8) is 0 Å². The van der Waals surface area contributed by atoms with Gasteiger partial charge in [-0.3, -0.25) is 9.59 Å². The molecular weight excluding hydrogens is 641 g/mol. The second-order valence-electron chi connectivity index (χ2n) is 15.2. The minimum Gasteiger partial charge on any atom is -0.481 e. The Labute approximate surface area is 323 Å². The van der Waals surface area contributed by atoms with Crippen molar-refractivity contribution in [3.05, 3.63) is 48.6 Å². The van der Waals surface area contributed by atoms with Gasteiger partial charge in [-0.15, -0.1) is 0 Å². The zero-order valence-corrected chi connectivity index (χ0v) is 34.6. The minimum absolute atomic E-state index is 0.0705. The number of carbonyl (C=O) groups excluding carboxylic acids is 1. The maximum absolute atomic E-state index is 12.7. The topological polar surface area (TPSA) is 63.6 Å². The molecule has 0 amide bonds. The molecule has 0 aromatic rings. The van der Waals surface area contributed by atoms with Gasteiger partial charge in [-0.05, 0) is 83.1 Å². The third-order valence-electron chi connectivity index (χ3n) is 10.0. The van der Waals surface area contributed by atoms with Crippen LogP contribution in [0.4, 0.5) is 0 Å². The number of esters is 1. The molecule has 0 aliphatic carbocycles. The highest BCUT2D eigenvalue weighted by Gasteiger charge is 2.11. The van der Waals surface area contributed by atoms with Crippen molar-refractivity contribution in [1.82, 2.24) is 0 Å². The number of hydrogen-bond donors (Lipinski definition) is 1. The molecule has 0 saturated heterocycles. The highest BCUT2D eigenvalue weighted by molar-refractivity contribution is 5.69. The minimum atomic E-state index is -0.715. The number of hydrogen-bond acceptors (Lipinski definition) is 3. The van der Waals surface area contributed by atoms with Crippen LogP contribution in [0.15, 0.2) is 48.6 Å². The molecule has 0 aliphatic heterocycles. The zero-order valence-electron chi connectivity index (χ0n) is 34.6. The molecule has 0 saturated carbocycles. The first kappa shape index (κ1) is 49.9. The van der Waals surface area contributed by atoms with Crippen molar-refractivity contribution in [2.45, 2.75) is 245 Å². The van der Waals surface area contributed by atoms with E-state index in [4.69, 9.17) is 9.84 Å². The molecule has 1 N–H and O–H groups in total. The Hall–Kier alpha value is -2.10. The Morgan fingerprint density at radius 3 is 1.33 bits per heavy atom. The van der Waals surface area contributed by atoms with Gasteiger partial charge in [0, 0.05) is 12.8 Å². The summed E-state index contributed by atoms with van der Waals surface area (Å²) in [6, 6.07) is 0. The molecule has 0 fully saturated rings. The van der Waals surface area contributed by atoms with Gasteiger partial charge < -0.3 is 9.84 Å². The van der Waals surface area contributed by atoms with E-state index in [9.17, 15) is 9.59 Å². The van der Waals surface area contributed by atoms with Crippen LogP contribution in [0.3, 0.4) is 0 Å². The lowest BCUT2D eigenvalue weighted by molar-refractivity contribution is -0.147. The number of carboxylic acids is 1. The molecule has 4 nitrogen and oxygen atoms in total. The summed E-state index contributed by atoms with van der Waals surface area (Å²) in [5.41, 5.74) is 0. The number of unbranched alkanes of at least 4 members (excludes halogenated alkanes) is 26. The molecule has 0 aliphatic rings. The van der Waals surface area contributed by atoms with E-state index >= 15 is 0 Å². The van der Waals surface area contributed by atoms with Gasteiger partial charge in [0.2, 0.25) is 0 Å². The van der Waals surface area contributed by atoms with Crippen LogP contribution in [0.5, 0.6) is 0 Å². The Morgan fingerprint density at radius 1 is 0.442 bits per heavy atom. The van der Waals surface area contributed by atoms with Crippen LogP contribution in [-0.4, -0.2) is 23.1 Å². The Bertz CT molecular complexity index is 870. The summed E-state index contributed by atoms with van der Waals surface area (Å²) in [6.07, 6.45) is 58.8. The maximum atomic E-state index is 12.7. The molecule has 0 aromatic heterocycles. The standard InChI is InChI=1S/C48H86O4/c1-3-5-7-9-11-13-15-16-17-18-19-20-21-22-23-24-25-26-28-30-32-37-41-45-48(51)52-46(43-39-35-33-36-40-44-47(49)50)42-38-34-31-29-27-14-12-10-8-6-4-2/h12,14,18-19,29,31,38,42,46H,3-11,13,15-17,20-28,30,32-37,39-41,43-45H2,1-2H3,(H,49,50)/b14-12-,19-18-,31-29-,42-38-. The van der Waals surface area contributed by atoms with Crippen molar-refractivity contribution in [1.29, 1.82) is 0 Å². The zero-order chi connectivity index (χ0) is 37.8. The highest BCUT2D eigenvalue weighted by Crippen LogP contribution is 2.16. The van der Waals surface area contributed by atoms with Gasteiger partial charge in [0.1, 0.15) is 6.10 Å². The summed E-state index contributed by atoms with van der Waals surface area (Å²) in [5, 5.41) is 8.83. The number of allylic oxidation sites excluding steroid dienone is 7. The average Bonchev–Trinajstić information content (AvgIpc) is 3.13. The van der Waals surface area contributed by atoms with E-state index in [1.54, 1.807) is 0 Å². The van der Waals surface area contributed by atoms with Crippen LogP contribution < -0.4 is 0 Å². The Kier molecular flexibility index (Phi) is 41.6. The summed E-state index contributed by atoms with van der Waals surface area (Å²) < 4.78 is 5.91. The van der Waals surface area contributed by atoms with Crippen LogP contribution in [0.25, 0.3) is 0 Å². The van der Waals surface area contributed by atoms with Gasteiger partial charge in [0.05, 0.1) is 0 Å². The van der Waals surface area contributed by atoms with Crippen molar-refractivity contribution in [2.24, 2.45) is 0 Å². The first-order valence-electron chi connectivity index (χ1n) is 22.6. The average molecular weight is 727 g/mol. The second kappa shape index (κ2) is 43.3. The Balaban J connectivity index is 3.95. The lowest BCUT2D eigenvalue weighted by Crippen LogP contribution is -2.16. The molecule has 0 bridgehead atoms. The van der Waals surface area contributed by atoms with E-state index in [1.165, 1.54) is 148 Å². The molecule has 1 unspecified atom stereocenters. The predicted octanol–water partition coefficient (Wildman–Crippen LogP) is 15.9. The molecule has 302 valence electrons. The first-order valence-corrected chi connectivity index (χ1v) is 22.6. The van der Waals surface area contributed by atoms with E-state index in [-0.39, 0.29) is 18.5 Å². The van der Waals surface area contributed by atoms with Gasteiger partial charge in [0.15, 0.2) is 0 Å². The molecule has 0 spiro atoms.